The normalized spacial score (nSPS) is 11.5. The zero-order chi connectivity index (χ0) is 11.0. The second-order valence-corrected chi connectivity index (χ2v) is 4.23. The first-order valence-electron chi connectivity index (χ1n) is 5.00. The monoisotopic (exact) mass is 223 g/mol. The fourth-order valence-corrected chi connectivity index (χ4v) is 2.07. The highest BCUT2D eigenvalue weighted by Crippen LogP contribution is 2.27. The van der Waals surface area contributed by atoms with E-state index in [1.165, 1.54) is 0 Å². The van der Waals surface area contributed by atoms with E-state index in [-0.39, 0.29) is 0 Å². The summed E-state index contributed by atoms with van der Waals surface area (Å²) >= 11 is 6.15. The van der Waals surface area contributed by atoms with E-state index in [9.17, 15) is 0 Å². The Hall–Kier alpha value is -1.06. The molecule has 4 heteroatoms. The van der Waals surface area contributed by atoms with Crippen molar-refractivity contribution in [3.63, 3.8) is 0 Å². The average molecular weight is 224 g/mol. The topological polar surface area (TPSA) is 43.8 Å². The number of nitrogens with zero attached hydrogens (tertiary/aromatic N) is 2. The Kier molecular flexibility index (Phi) is 2.67. The van der Waals surface area contributed by atoms with Crippen molar-refractivity contribution in [2.75, 3.05) is 0 Å². The number of benzene rings is 1. The summed E-state index contributed by atoms with van der Waals surface area (Å²) in [6, 6.07) is 6.03. The minimum Gasteiger partial charge on any atom is -0.325 e. The van der Waals surface area contributed by atoms with Crippen LogP contribution in [0.3, 0.4) is 0 Å². The molecule has 2 aromatic rings. The standard InChI is InChI=1S/C11H14ClN3/c1-7(2)15-10(6-13)11-8(12)4-3-5-9(11)14-15/h3-5,7H,6,13H2,1-2H3. The molecule has 0 spiro atoms. The molecule has 0 amide bonds. The molecule has 0 fully saturated rings. The van der Waals surface area contributed by atoms with Gasteiger partial charge < -0.3 is 5.73 Å². The fourth-order valence-electron chi connectivity index (χ4n) is 1.80. The summed E-state index contributed by atoms with van der Waals surface area (Å²) in [5, 5.41) is 6.20. The van der Waals surface area contributed by atoms with E-state index in [4.69, 9.17) is 17.3 Å². The lowest BCUT2D eigenvalue weighted by Crippen LogP contribution is -2.10. The summed E-state index contributed by atoms with van der Waals surface area (Å²) in [7, 11) is 0. The zero-order valence-corrected chi connectivity index (χ0v) is 9.62. The smallest absolute Gasteiger partial charge is 0.0941 e. The Labute approximate surface area is 93.8 Å². The predicted octanol–water partition coefficient (Wildman–Crippen LogP) is 2.73. The third-order valence-electron chi connectivity index (χ3n) is 2.45. The Bertz CT molecular complexity index is 488. The van der Waals surface area contributed by atoms with Crippen molar-refractivity contribution in [1.82, 2.24) is 9.78 Å². The first-order valence-corrected chi connectivity index (χ1v) is 5.38. The zero-order valence-electron chi connectivity index (χ0n) is 8.87. The van der Waals surface area contributed by atoms with Gasteiger partial charge in [-0.1, -0.05) is 17.7 Å². The van der Waals surface area contributed by atoms with Gasteiger partial charge in [0.2, 0.25) is 0 Å². The van der Waals surface area contributed by atoms with Gasteiger partial charge in [0, 0.05) is 18.0 Å². The van der Waals surface area contributed by atoms with Crippen LogP contribution in [-0.4, -0.2) is 9.78 Å². The molecule has 1 aromatic heterocycles. The molecule has 1 heterocycles. The minimum atomic E-state index is 0.298. The summed E-state index contributed by atoms with van der Waals surface area (Å²) in [6.45, 7) is 4.62. The van der Waals surface area contributed by atoms with Crippen LogP contribution in [0.25, 0.3) is 10.9 Å². The van der Waals surface area contributed by atoms with Crippen LogP contribution in [0, 0.1) is 0 Å². The Balaban J connectivity index is 2.80. The van der Waals surface area contributed by atoms with Crippen molar-refractivity contribution in [2.24, 2.45) is 5.73 Å². The van der Waals surface area contributed by atoms with E-state index in [1.54, 1.807) is 0 Å². The van der Waals surface area contributed by atoms with E-state index in [2.05, 4.69) is 18.9 Å². The number of aromatic nitrogens is 2. The van der Waals surface area contributed by atoms with Gasteiger partial charge in [-0.3, -0.25) is 4.68 Å². The number of fused-ring (bicyclic) bond motifs is 1. The molecular weight excluding hydrogens is 210 g/mol. The molecule has 0 aliphatic carbocycles. The maximum atomic E-state index is 6.15. The van der Waals surface area contributed by atoms with Gasteiger partial charge >= 0.3 is 0 Å². The minimum absolute atomic E-state index is 0.298. The SMILES string of the molecule is CC(C)n1nc2cccc(Cl)c2c1CN. The molecule has 0 aliphatic rings. The molecule has 3 nitrogen and oxygen atoms in total. The van der Waals surface area contributed by atoms with Crippen molar-refractivity contribution in [3.8, 4) is 0 Å². The predicted molar refractivity (Wildman–Crippen MR) is 63.0 cm³/mol. The second kappa shape index (κ2) is 3.83. The summed E-state index contributed by atoms with van der Waals surface area (Å²) in [6.07, 6.45) is 0. The largest absolute Gasteiger partial charge is 0.325 e. The first kappa shape index (κ1) is 10.5. The molecule has 0 unspecified atom stereocenters. The molecule has 0 saturated carbocycles. The number of rotatable bonds is 2. The average Bonchev–Trinajstić information content (AvgIpc) is 2.57. The molecule has 2 rings (SSSR count). The Morgan fingerprint density at radius 2 is 2.20 bits per heavy atom. The van der Waals surface area contributed by atoms with Gasteiger partial charge in [-0.15, -0.1) is 0 Å². The summed E-state index contributed by atoms with van der Waals surface area (Å²) in [5.41, 5.74) is 7.67. The maximum absolute atomic E-state index is 6.15. The van der Waals surface area contributed by atoms with Gasteiger partial charge in [0.1, 0.15) is 0 Å². The lowest BCUT2D eigenvalue weighted by molar-refractivity contribution is 0.515. The number of hydrogen-bond acceptors (Lipinski definition) is 2. The number of hydrogen-bond donors (Lipinski definition) is 1. The summed E-state index contributed by atoms with van der Waals surface area (Å²) in [4.78, 5) is 0. The molecule has 2 N–H and O–H groups in total. The van der Waals surface area contributed by atoms with Gasteiger partial charge in [-0.05, 0) is 26.0 Å². The van der Waals surface area contributed by atoms with Gasteiger partial charge in [0.05, 0.1) is 16.2 Å². The second-order valence-electron chi connectivity index (χ2n) is 3.82. The van der Waals surface area contributed by atoms with E-state index in [0.717, 1.165) is 21.6 Å². The van der Waals surface area contributed by atoms with Crippen LogP contribution < -0.4 is 5.73 Å². The van der Waals surface area contributed by atoms with Crippen LogP contribution in [0.15, 0.2) is 18.2 Å². The van der Waals surface area contributed by atoms with Crippen molar-refractivity contribution in [1.29, 1.82) is 0 Å². The van der Waals surface area contributed by atoms with Gasteiger partial charge in [0.15, 0.2) is 0 Å². The van der Waals surface area contributed by atoms with Crippen LogP contribution in [0.2, 0.25) is 5.02 Å². The lowest BCUT2D eigenvalue weighted by Gasteiger charge is -2.09. The Morgan fingerprint density at radius 1 is 1.47 bits per heavy atom. The summed E-state index contributed by atoms with van der Waals surface area (Å²) in [5.74, 6) is 0. The van der Waals surface area contributed by atoms with Crippen LogP contribution in [0.5, 0.6) is 0 Å². The van der Waals surface area contributed by atoms with Gasteiger partial charge in [-0.25, -0.2) is 0 Å². The fraction of sp³-hybridized carbons (Fsp3) is 0.364. The Morgan fingerprint density at radius 3 is 2.80 bits per heavy atom. The number of halogens is 1. The summed E-state index contributed by atoms with van der Waals surface area (Å²) < 4.78 is 1.94. The van der Waals surface area contributed by atoms with Crippen LogP contribution in [0.1, 0.15) is 25.6 Å². The highest BCUT2D eigenvalue weighted by molar-refractivity contribution is 6.35. The van der Waals surface area contributed by atoms with Crippen molar-refractivity contribution >= 4 is 22.5 Å². The van der Waals surface area contributed by atoms with Crippen LogP contribution >= 0.6 is 11.6 Å². The lowest BCUT2D eigenvalue weighted by atomic mass is 10.2. The third kappa shape index (κ3) is 1.62. The molecule has 0 bridgehead atoms. The van der Waals surface area contributed by atoms with Crippen molar-refractivity contribution in [2.45, 2.75) is 26.4 Å². The molecular formula is C11H14ClN3. The van der Waals surface area contributed by atoms with Gasteiger partial charge in [0.25, 0.3) is 0 Å². The highest BCUT2D eigenvalue weighted by Gasteiger charge is 2.13. The molecule has 0 saturated heterocycles. The van der Waals surface area contributed by atoms with E-state index in [0.29, 0.717) is 12.6 Å². The molecule has 0 atom stereocenters. The molecule has 15 heavy (non-hydrogen) atoms. The van der Waals surface area contributed by atoms with Crippen LogP contribution in [0.4, 0.5) is 0 Å². The van der Waals surface area contributed by atoms with Gasteiger partial charge in [-0.2, -0.15) is 5.10 Å². The molecule has 1 aromatic carbocycles. The highest BCUT2D eigenvalue weighted by atomic mass is 35.5. The maximum Gasteiger partial charge on any atom is 0.0941 e. The van der Waals surface area contributed by atoms with Crippen molar-refractivity contribution in [3.05, 3.63) is 28.9 Å². The quantitative estimate of drug-likeness (QED) is 0.851. The van der Waals surface area contributed by atoms with Crippen LogP contribution in [-0.2, 0) is 6.54 Å². The molecule has 0 aliphatic heterocycles. The number of nitrogens with two attached hydrogens (primary N) is 1. The van der Waals surface area contributed by atoms with Crippen molar-refractivity contribution < 1.29 is 0 Å². The third-order valence-corrected chi connectivity index (χ3v) is 2.77. The first-order chi connectivity index (χ1) is 7.15. The van der Waals surface area contributed by atoms with E-state index < -0.39 is 0 Å². The van der Waals surface area contributed by atoms with E-state index >= 15 is 0 Å². The molecule has 0 radical (unpaired) electrons. The van der Waals surface area contributed by atoms with E-state index in [1.807, 2.05) is 22.9 Å². The molecule has 80 valence electrons.